The van der Waals surface area contributed by atoms with Gasteiger partial charge in [-0.2, -0.15) is 0 Å². The lowest BCUT2D eigenvalue weighted by Crippen LogP contribution is -2.50. The van der Waals surface area contributed by atoms with Gasteiger partial charge in [0.25, 0.3) is 5.91 Å². The van der Waals surface area contributed by atoms with E-state index in [4.69, 9.17) is 4.74 Å². The van der Waals surface area contributed by atoms with Crippen LogP contribution in [0.1, 0.15) is 0 Å². The molecule has 1 aliphatic heterocycles. The molecule has 1 aliphatic rings. The van der Waals surface area contributed by atoms with E-state index in [1.165, 1.54) is 30.5 Å². The zero-order valence-corrected chi connectivity index (χ0v) is 13.9. The number of amides is 1. The predicted octanol–water partition coefficient (Wildman–Crippen LogP) is 1.86. The molecule has 0 aliphatic carbocycles. The molecule has 0 bridgehead atoms. The summed E-state index contributed by atoms with van der Waals surface area (Å²) in [7, 11) is 0. The molecule has 1 fully saturated rings. The van der Waals surface area contributed by atoms with Crippen molar-refractivity contribution in [2.24, 2.45) is 0 Å². The van der Waals surface area contributed by atoms with E-state index in [9.17, 15) is 19.3 Å². The minimum Gasteiger partial charge on any atom is -0.476 e. The molecule has 9 heteroatoms. The number of hydrogen-bond acceptors (Lipinski definition) is 6. The van der Waals surface area contributed by atoms with E-state index >= 15 is 0 Å². The van der Waals surface area contributed by atoms with Crippen LogP contribution < -0.4 is 9.64 Å². The largest absolute Gasteiger partial charge is 0.476 e. The van der Waals surface area contributed by atoms with Gasteiger partial charge in [-0.05, 0) is 46.3 Å². The van der Waals surface area contributed by atoms with Crippen LogP contribution in [0.3, 0.4) is 0 Å². The highest BCUT2D eigenvalue weighted by atomic mass is 19.1. The number of pyridine rings is 1. The van der Waals surface area contributed by atoms with Crippen molar-refractivity contribution in [2.45, 2.75) is 0 Å². The number of rotatable bonds is 5. The van der Waals surface area contributed by atoms with E-state index in [0.29, 0.717) is 26.2 Å². The lowest BCUT2D eigenvalue weighted by molar-refractivity contribution is -0.390. The first-order valence-corrected chi connectivity index (χ1v) is 8.05. The molecular weight excluding hydrogens is 343 g/mol. The Balaban J connectivity index is 1.53. The number of nitrogens with zero attached hydrogens (tertiary/aromatic N) is 4. The standard InChI is InChI=1S/C17H17FN4O4/c18-13-3-5-14(6-4-13)20-8-10-21(11-9-20)16(23)12-26-15-2-1-7-19-17(15)22(24)25/h1-7H,8-12H2. The Morgan fingerprint density at radius 2 is 1.88 bits per heavy atom. The predicted molar refractivity (Wildman–Crippen MR) is 91.6 cm³/mol. The molecule has 0 radical (unpaired) electrons. The van der Waals surface area contributed by atoms with Crippen LogP contribution in [0.2, 0.25) is 0 Å². The summed E-state index contributed by atoms with van der Waals surface area (Å²) in [6.07, 6.45) is 1.29. The number of anilines is 1. The first-order chi connectivity index (χ1) is 12.5. The Bertz CT molecular complexity index is 792. The second-order valence-electron chi connectivity index (χ2n) is 5.72. The smallest absolute Gasteiger partial charge is 0.406 e. The summed E-state index contributed by atoms with van der Waals surface area (Å²) in [6.45, 7) is 1.93. The highest BCUT2D eigenvalue weighted by Gasteiger charge is 2.23. The summed E-state index contributed by atoms with van der Waals surface area (Å²) >= 11 is 0. The Hall–Kier alpha value is -3.23. The molecule has 2 heterocycles. The van der Waals surface area contributed by atoms with Gasteiger partial charge < -0.3 is 24.7 Å². The van der Waals surface area contributed by atoms with E-state index in [1.54, 1.807) is 17.0 Å². The molecular formula is C17H17FN4O4. The number of aromatic nitrogens is 1. The van der Waals surface area contributed by atoms with Crippen molar-refractivity contribution in [2.75, 3.05) is 37.7 Å². The lowest BCUT2D eigenvalue weighted by Gasteiger charge is -2.36. The number of halogens is 1. The summed E-state index contributed by atoms with van der Waals surface area (Å²) in [4.78, 5) is 29.9. The zero-order valence-electron chi connectivity index (χ0n) is 13.9. The van der Waals surface area contributed by atoms with E-state index in [-0.39, 0.29) is 24.1 Å². The molecule has 26 heavy (non-hydrogen) atoms. The number of nitro groups is 1. The van der Waals surface area contributed by atoms with Crippen molar-refractivity contribution < 1.29 is 18.8 Å². The summed E-state index contributed by atoms with van der Waals surface area (Å²) in [6, 6.07) is 9.14. The fraction of sp³-hybridized carbons (Fsp3) is 0.294. The van der Waals surface area contributed by atoms with Crippen LogP contribution in [-0.2, 0) is 4.79 Å². The minimum absolute atomic E-state index is 0.0317. The summed E-state index contributed by atoms with van der Waals surface area (Å²) in [5.74, 6) is -0.983. The Kier molecular flexibility index (Phi) is 5.26. The molecule has 8 nitrogen and oxygen atoms in total. The number of hydrogen-bond donors (Lipinski definition) is 0. The second kappa shape index (κ2) is 7.77. The molecule has 0 N–H and O–H groups in total. The third-order valence-corrected chi connectivity index (χ3v) is 4.10. The molecule has 3 rings (SSSR count). The van der Waals surface area contributed by atoms with Gasteiger partial charge in [0.2, 0.25) is 5.75 Å². The molecule has 2 aromatic rings. The number of ether oxygens (including phenoxy) is 1. The van der Waals surface area contributed by atoms with E-state index in [1.807, 2.05) is 0 Å². The van der Waals surface area contributed by atoms with Crippen LogP contribution in [0.4, 0.5) is 15.9 Å². The molecule has 0 unspecified atom stereocenters. The molecule has 0 spiro atoms. The third-order valence-electron chi connectivity index (χ3n) is 4.10. The fourth-order valence-corrected chi connectivity index (χ4v) is 2.73. The summed E-state index contributed by atoms with van der Waals surface area (Å²) in [5.41, 5.74) is 0.903. The van der Waals surface area contributed by atoms with Crippen molar-refractivity contribution >= 4 is 17.4 Å². The van der Waals surface area contributed by atoms with Gasteiger partial charge in [0.1, 0.15) is 12.0 Å². The molecule has 1 amide bonds. The van der Waals surface area contributed by atoms with Gasteiger partial charge in [0.15, 0.2) is 6.61 Å². The topological polar surface area (TPSA) is 88.8 Å². The quantitative estimate of drug-likeness (QED) is 0.597. The SMILES string of the molecule is O=C(COc1cccnc1[N+](=O)[O-])N1CCN(c2ccc(F)cc2)CC1. The van der Waals surface area contributed by atoms with Crippen molar-refractivity contribution in [3.8, 4) is 5.75 Å². The summed E-state index contributed by atoms with van der Waals surface area (Å²) < 4.78 is 18.3. The number of benzene rings is 1. The molecule has 0 atom stereocenters. The Morgan fingerprint density at radius 3 is 2.54 bits per heavy atom. The molecule has 1 saturated heterocycles. The van der Waals surface area contributed by atoms with E-state index in [0.717, 1.165) is 5.69 Å². The maximum Gasteiger partial charge on any atom is 0.406 e. The third kappa shape index (κ3) is 4.05. The monoisotopic (exact) mass is 360 g/mol. The average Bonchev–Trinajstić information content (AvgIpc) is 2.67. The zero-order chi connectivity index (χ0) is 18.5. The molecule has 136 valence electrons. The highest BCUT2D eigenvalue weighted by Crippen LogP contribution is 2.23. The van der Waals surface area contributed by atoms with Gasteiger partial charge in [-0.15, -0.1) is 0 Å². The number of carbonyl (C=O) groups is 1. The first kappa shape index (κ1) is 17.6. The normalized spacial score (nSPS) is 14.2. The van der Waals surface area contributed by atoms with Gasteiger partial charge in [0, 0.05) is 31.9 Å². The second-order valence-corrected chi connectivity index (χ2v) is 5.72. The summed E-state index contributed by atoms with van der Waals surface area (Å²) in [5, 5.41) is 10.9. The van der Waals surface area contributed by atoms with E-state index in [2.05, 4.69) is 9.88 Å². The molecule has 0 saturated carbocycles. The van der Waals surface area contributed by atoms with Gasteiger partial charge in [-0.1, -0.05) is 0 Å². The van der Waals surface area contributed by atoms with Crippen LogP contribution in [0, 0.1) is 15.9 Å². The van der Waals surface area contributed by atoms with Crippen LogP contribution in [-0.4, -0.2) is 53.5 Å². The van der Waals surface area contributed by atoms with Crippen molar-refractivity contribution in [3.63, 3.8) is 0 Å². The van der Waals surface area contributed by atoms with Crippen molar-refractivity contribution in [1.82, 2.24) is 9.88 Å². The van der Waals surface area contributed by atoms with Gasteiger partial charge in [-0.25, -0.2) is 4.39 Å². The van der Waals surface area contributed by atoms with Crippen LogP contribution in [0.15, 0.2) is 42.6 Å². The van der Waals surface area contributed by atoms with Gasteiger partial charge in [0.05, 0.1) is 0 Å². The maximum atomic E-state index is 13.0. The van der Waals surface area contributed by atoms with Crippen molar-refractivity contribution in [3.05, 3.63) is 58.5 Å². The van der Waals surface area contributed by atoms with Crippen molar-refractivity contribution in [1.29, 1.82) is 0 Å². The minimum atomic E-state index is -0.652. The molecule has 1 aromatic carbocycles. The Labute approximate surface area is 149 Å². The lowest BCUT2D eigenvalue weighted by atomic mass is 10.2. The maximum absolute atomic E-state index is 13.0. The highest BCUT2D eigenvalue weighted by molar-refractivity contribution is 5.78. The van der Waals surface area contributed by atoms with Gasteiger partial charge >= 0.3 is 5.82 Å². The fourth-order valence-electron chi connectivity index (χ4n) is 2.73. The van der Waals surface area contributed by atoms with Crippen LogP contribution in [0.5, 0.6) is 5.75 Å². The molecule has 1 aromatic heterocycles. The number of piperazine rings is 1. The van der Waals surface area contributed by atoms with Crippen LogP contribution >= 0.6 is 0 Å². The van der Waals surface area contributed by atoms with E-state index < -0.39 is 10.7 Å². The van der Waals surface area contributed by atoms with Gasteiger partial charge in [-0.3, -0.25) is 4.79 Å². The average molecular weight is 360 g/mol. The van der Waals surface area contributed by atoms with Crippen LogP contribution in [0.25, 0.3) is 0 Å². The first-order valence-electron chi connectivity index (χ1n) is 8.05. The number of carbonyl (C=O) groups excluding carboxylic acids is 1. The Morgan fingerprint density at radius 1 is 1.19 bits per heavy atom.